The molecule has 5 heteroatoms. The van der Waals surface area contributed by atoms with Gasteiger partial charge in [0.25, 0.3) is 0 Å². The number of hydrogen-bond acceptors (Lipinski definition) is 4. The number of benzene rings is 2. The molecule has 3 rings (SSSR count). The van der Waals surface area contributed by atoms with Crippen LogP contribution in [0.2, 0.25) is 5.02 Å². The molecule has 26 heavy (non-hydrogen) atoms. The van der Waals surface area contributed by atoms with E-state index in [1.165, 1.54) is 11.3 Å². The Labute approximate surface area is 160 Å². The summed E-state index contributed by atoms with van der Waals surface area (Å²) in [5, 5.41) is 0.777. The van der Waals surface area contributed by atoms with Gasteiger partial charge in [-0.25, -0.2) is 0 Å². The second-order valence-corrected chi connectivity index (χ2v) is 7.21. The van der Waals surface area contributed by atoms with Crippen LogP contribution >= 0.6 is 11.6 Å². The number of Topliss-reactive ketones (excluding diaryl/α,β-unsaturated/α-hetero) is 1. The summed E-state index contributed by atoms with van der Waals surface area (Å²) in [5.41, 5.74) is 4.26. The number of anilines is 1. The van der Waals surface area contributed by atoms with Crippen molar-refractivity contribution >= 4 is 23.1 Å². The van der Waals surface area contributed by atoms with Gasteiger partial charge in [-0.15, -0.1) is 0 Å². The number of ketones is 1. The number of halogens is 1. The minimum Gasteiger partial charge on any atom is -0.496 e. The van der Waals surface area contributed by atoms with E-state index in [1.54, 1.807) is 14.0 Å². The first kappa shape index (κ1) is 18.7. The van der Waals surface area contributed by atoms with Gasteiger partial charge in [0.1, 0.15) is 5.75 Å². The Bertz CT molecular complexity index is 799. The normalized spacial score (nSPS) is 15.2. The van der Waals surface area contributed by atoms with Crippen molar-refractivity contribution < 1.29 is 9.53 Å². The Morgan fingerprint density at radius 3 is 2.50 bits per heavy atom. The van der Waals surface area contributed by atoms with Crippen LogP contribution in [-0.2, 0) is 6.54 Å². The lowest BCUT2D eigenvalue weighted by Gasteiger charge is -2.37. The standard InChI is InChI=1S/C21H25ClN2O2/c1-15-4-6-19(22)13-20(15)24-10-8-23(9-11-24)14-18-12-17(16(2)25)5-7-21(18)26-3/h4-7,12-13H,8-11,14H2,1-3H3. The number of carbonyl (C=O) groups excluding carboxylic acids is 1. The predicted octanol–water partition coefficient (Wildman–Crippen LogP) is 4.18. The zero-order valence-electron chi connectivity index (χ0n) is 15.6. The molecule has 0 spiro atoms. The van der Waals surface area contributed by atoms with E-state index in [4.69, 9.17) is 16.3 Å². The van der Waals surface area contributed by atoms with Gasteiger partial charge in [-0.2, -0.15) is 0 Å². The molecular weight excluding hydrogens is 348 g/mol. The Balaban J connectivity index is 1.68. The number of nitrogens with zero attached hydrogens (tertiary/aromatic N) is 2. The van der Waals surface area contributed by atoms with E-state index in [2.05, 4.69) is 22.8 Å². The summed E-state index contributed by atoms with van der Waals surface area (Å²) in [6.45, 7) is 8.32. The molecule has 1 heterocycles. The Kier molecular flexibility index (Phi) is 5.84. The van der Waals surface area contributed by atoms with Gasteiger partial charge in [-0.1, -0.05) is 17.7 Å². The van der Waals surface area contributed by atoms with Crippen LogP contribution in [0.4, 0.5) is 5.69 Å². The number of aryl methyl sites for hydroxylation is 1. The SMILES string of the molecule is COc1ccc(C(C)=O)cc1CN1CCN(c2cc(Cl)ccc2C)CC1. The lowest BCUT2D eigenvalue weighted by molar-refractivity contribution is 0.101. The molecular formula is C21H25ClN2O2. The van der Waals surface area contributed by atoms with Gasteiger partial charge in [-0.3, -0.25) is 9.69 Å². The van der Waals surface area contributed by atoms with E-state index < -0.39 is 0 Å². The van der Waals surface area contributed by atoms with Gasteiger partial charge in [0.15, 0.2) is 5.78 Å². The van der Waals surface area contributed by atoms with Crippen molar-refractivity contribution in [3.8, 4) is 5.75 Å². The van der Waals surface area contributed by atoms with Gasteiger partial charge < -0.3 is 9.64 Å². The fourth-order valence-electron chi connectivity index (χ4n) is 3.43. The second kappa shape index (κ2) is 8.11. The van der Waals surface area contributed by atoms with Gasteiger partial charge in [0.2, 0.25) is 0 Å². The average Bonchev–Trinajstić information content (AvgIpc) is 2.64. The van der Waals surface area contributed by atoms with Crippen LogP contribution in [0.25, 0.3) is 0 Å². The van der Waals surface area contributed by atoms with E-state index in [0.29, 0.717) is 0 Å². The zero-order valence-corrected chi connectivity index (χ0v) is 16.3. The molecule has 0 amide bonds. The molecule has 1 aliphatic rings. The number of rotatable bonds is 5. The first-order valence-corrected chi connectivity index (χ1v) is 9.27. The van der Waals surface area contributed by atoms with Crippen LogP contribution in [0.5, 0.6) is 5.75 Å². The molecule has 0 atom stereocenters. The van der Waals surface area contributed by atoms with E-state index in [-0.39, 0.29) is 5.78 Å². The van der Waals surface area contributed by atoms with Crippen molar-refractivity contribution in [3.63, 3.8) is 0 Å². The van der Waals surface area contributed by atoms with Gasteiger partial charge in [0.05, 0.1) is 7.11 Å². The number of hydrogen-bond donors (Lipinski definition) is 0. The maximum absolute atomic E-state index is 11.7. The summed E-state index contributed by atoms with van der Waals surface area (Å²) in [7, 11) is 1.67. The molecule has 0 saturated carbocycles. The minimum atomic E-state index is 0.0788. The Morgan fingerprint density at radius 2 is 1.85 bits per heavy atom. The highest BCUT2D eigenvalue weighted by Crippen LogP contribution is 2.27. The van der Waals surface area contributed by atoms with Crippen LogP contribution in [-0.4, -0.2) is 44.0 Å². The number of carbonyl (C=O) groups is 1. The lowest BCUT2D eigenvalue weighted by Crippen LogP contribution is -2.46. The summed E-state index contributed by atoms with van der Waals surface area (Å²) in [6.07, 6.45) is 0. The maximum atomic E-state index is 11.7. The van der Waals surface area contributed by atoms with Crippen molar-refractivity contribution in [2.24, 2.45) is 0 Å². The molecule has 1 aliphatic heterocycles. The number of ether oxygens (including phenoxy) is 1. The summed E-state index contributed by atoms with van der Waals surface area (Å²) in [4.78, 5) is 16.5. The van der Waals surface area contributed by atoms with Gasteiger partial charge in [-0.05, 0) is 49.7 Å². The Morgan fingerprint density at radius 1 is 1.12 bits per heavy atom. The molecule has 4 nitrogen and oxygen atoms in total. The average molecular weight is 373 g/mol. The quantitative estimate of drug-likeness (QED) is 0.737. The zero-order chi connectivity index (χ0) is 18.7. The second-order valence-electron chi connectivity index (χ2n) is 6.78. The Hall–Kier alpha value is -2.04. The first-order valence-electron chi connectivity index (χ1n) is 8.89. The molecule has 0 aliphatic carbocycles. The summed E-state index contributed by atoms with van der Waals surface area (Å²) >= 11 is 6.17. The summed E-state index contributed by atoms with van der Waals surface area (Å²) in [5.74, 6) is 0.915. The molecule has 138 valence electrons. The van der Waals surface area contributed by atoms with Gasteiger partial charge >= 0.3 is 0 Å². The third-order valence-corrected chi connectivity index (χ3v) is 5.20. The van der Waals surface area contributed by atoms with Crippen molar-refractivity contribution in [2.75, 3.05) is 38.2 Å². The van der Waals surface area contributed by atoms with Gasteiger partial charge in [0, 0.05) is 54.6 Å². The predicted molar refractivity (Wildman–Crippen MR) is 107 cm³/mol. The van der Waals surface area contributed by atoms with E-state index in [9.17, 15) is 4.79 Å². The van der Waals surface area contributed by atoms with Crippen molar-refractivity contribution in [1.29, 1.82) is 0 Å². The maximum Gasteiger partial charge on any atom is 0.159 e. The van der Waals surface area contributed by atoms with Crippen molar-refractivity contribution in [1.82, 2.24) is 4.90 Å². The molecule has 0 N–H and O–H groups in total. The third kappa shape index (κ3) is 4.19. The fraction of sp³-hybridized carbons (Fsp3) is 0.381. The van der Waals surface area contributed by atoms with Crippen LogP contribution < -0.4 is 9.64 Å². The van der Waals surface area contributed by atoms with Crippen LogP contribution in [0.1, 0.15) is 28.4 Å². The molecule has 2 aromatic rings. The largest absolute Gasteiger partial charge is 0.496 e. The number of piperazine rings is 1. The summed E-state index contributed by atoms with van der Waals surface area (Å²) < 4.78 is 5.48. The molecule has 0 aromatic heterocycles. The highest BCUT2D eigenvalue weighted by molar-refractivity contribution is 6.30. The van der Waals surface area contributed by atoms with Crippen LogP contribution in [0.15, 0.2) is 36.4 Å². The molecule has 0 radical (unpaired) electrons. The van der Waals surface area contributed by atoms with Crippen molar-refractivity contribution in [3.05, 3.63) is 58.1 Å². The smallest absolute Gasteiger partial charge is 0.159 e. The van der Waals surface area contributed by atoms with Crippen LogP contribution in [0.3, 0.4) is 0 Å². The molecule has 1 fully saturated rings. The van der Waals surface area contributed by atoms with Crippen molar-refractivity contribution in [2.45, 2.75) is 20.4 Å². The first-order chi connectivity index (χ1) is 12.5. The molecule has 1 saturated heterocycles. The topological polar surface area (TPSA) is 32.8 Å². The third-order valence-electron chi connectivity index (χ3n) is 4.97. The summed E-state index contributed by atoms with van der Waals surface area (Å²) in [6, 6.07) is 11.7. The van der Waals surface area contributed by atoms with Crippen LogP contribution in [0, 0.1) is 6.92 Å². The number of methoxy groups -OCH3 is 1. The molecule has 2 aromatic carbocycles. The van der Waals surface area contributed by atoms with E-state index in [1.807, 2.05) is 30.3 Å². The minimum absolute atomic E-state index is 0.0788. The van der Waals surface area contributed by atoms with E-state index >= 15 is 0 Å². The lowest BCUT2D eigenvalue weighted by atomic mass is 10.1. The highest BCUT2D eigenvalue weighted by Gasteiger charge is 2.20. The van der Waals surface area contributed by atoms with E-state index in [0.717, 1.165) is 54.6 Å². The monoisotopic (exact) mass is 372 g/mol. The fourth-order valence-corrected chi connectivity index (χ4v) is 3.60. The highest BCUT2D eigenvalue weighted by atomic mass is 35.5. The molecule has 0 unspecified atom stereocenters. The molecule has 0 bridgehead atoms.